The smallest absolute Gasteiger partial charge is 0.572 e. The van der Waals surface area contributed by atoms with Crippen molar-refractivity contribution >= 4 is 59.0 Å². The van der Waals surface area contributed by atoms with Crippen LogP contribution in [0.2, 0.25) is 0 Å². The summed E-state index contributed by atoms with van der Waals surface area (Å²) in [5.74, 6) is 0. The van der Waals surface area contributed by atoms with Crippen LogP contribution in [0.5, 0.6) is 0 Å². The van der Waals surface area contributed by atoms with Gasteiger partial charge in [0, 0.05) is 36.1 Å². The van der Waals surface area contributed by atoms with Gasteiger partial charge in [0.2, 0.25) is 0 Å². The van der Waals surface area contributed by atoms with E-state index in [1.807, 2.05) is 72.8 Å². The number of fused-ring (bicyclic) bond motifs is 3. The van der Waals surface area contributed by atoms with Crippen molar-refractivity contribution in [1.29, 1.82) is 0 Å². The molecule has 8 nitrogen and oxygen atoms in total. The van der Waals surface area contributed by atoms with Gasteiger partial charge in [-0.15, -0.1) is 5.69 Å². The second kappa shape index (κ2) is 15.1. The quantitative estimate of drug-likeness (QED) is 0.0599. The number of halogens is 1. The van der Waals surface area contributed by atoms with E-state index >= 15 is 0 Å². The number of hydrogen-bond acceptors (Lipinski definition) is 6. The Hall–Kier alpha value is -4.01. The van der Waals surface area contributed by atoms with Gasteiger partial charge in [-0.3, -0.25) is 20.1 Å². The molecule has 0 radical (unpaired) electrons. The van der Waals surface area contributed by atoms with Gasteiger partial charge in [0.05, 0.1) is 15.3 Å². The van der Waals surface area contributed by atoms with Crippen LogP contribution in [0.1, 0.15) is 0 Å². The summed E-state index contributed by atoms with van der Waals surface area (Å²) < 4.78 is 30.5. The zero-order valence-corrected chi connectivity index (χ0v) is 25.1. The Morgan fingerprint density at radius 2 is 1.44 bits per heavy atom. The van der Waals surface area contributed by atoms with Crippen molar-refractivity contribution in [2.45, 2.75) is 4.90 Å². The Morgan fingerprint density at radius 1 is 0.780 bits per heavy atom. The minimum atomic E-state index is -4.04. The van der Waals surface area contributed by atoms with Crippen LogP contribution in [0.4, 0.5) is 11.4 Å². The summed E-state index contributed by atoms with van der Waals surface area (Å²) >= 11 is 3.29. The molecule has 0 atom stereocenters. The average Bonchev–Trinajstić information content (AvgIpc) is 2.99. The summed E-state index contributed by atoms with van der Waals surface area (Å²) in [5.41, 5.74) is 0.748. The fraction of sp³-hybridized carbons (Fsp3) is 0. The van der Waals surface area contributed by atoms with Gasteiger partial charge >= 0.3 is 20.4 Å². The van der Waals surface area contributed by atoms with Gasteiger partial charge in [-0.1, -0.05) is 62.9 Å². The number of nitro benzene ring substituents is 1. The Morgan fingerprint density at radius 3 is 2.00 bits per heavy atom. The molecule has 0 aliphatic carbocycles. The topological polar surface area (TPSA) is 117 Å². The molecular weight excluding hydrogens is 699 g/mol. The maximum Gasteiger partial charge on any atom is 2.00 e. The molecule has 0 bridgehead atoms. The van der Waals surface area contributed by atoms with Crippen molar-refractivity contribution in [3.05, 3.63) is 153 Å². The number of nitro groups is 1. The number of benzene rings is 4. The molecule has 0 saturated heterocycles. The van der Waals surface area contributed by atoms with Crippen LogP contribution in [-0.2, 0) is 30.4 Å². The summed E-state index contributed by atoms with van der Waals surface area (Å²) in [7, 11) is -4.04. The third-order valence-corrected chi connectivity index (χ3v) is 7.23. The summed E-state index contributed by atoms with van der Waals surface area (Å²) in [4.78, 5) is 18.2. The molecule has 208 valence electrons. The first-order valence-corrected chi connectivity index (χ1v) is 14.0. The van der Waals surface area contributed by atoms with Gasteiger partial charge in [-0.05, 0) is 41.1 Å². The van der Waals surface area contributed by atoms with Crippen LogP contribution < -0.4 is 0 Å². The zero-order valence-electron chi connectivity index (χ0n) is 21.1. The SMILES string of the molecule is Brc1cc[c-]cc1.O=[N+]([O-])c1ccc(S(=O)(=O)[N-]c2cccc3ccc4cccnc4c23)cc1.[Pd+2].c1ccncc1. The van der Waals surface area contributed by atoms with E-state index in [0.29, 0.717) is 10.9 Å². The van der Waals surface area contributed by atoms with Crippen LogP contribution in [0.15, 0.2) is 137 Å². The van der Waals surface area contributed by atoms with E-state index in [9.17, 15) is 18.5 Å². The molecule has 4 aromatic carbocycles. The van der Waals surface area contributed by atoms with Crippen LogP contribution in [0, 0.1) is 16.2 Å². The van der Waals surface area contributed by atoms with E-state index in [4.69, 9.17) is 0 Å². The van der Waals surface area contributed by atoms with Crippen LogP contribution in [0.25, 0.3) is 26.4 Å². The summed E-state index contributed by atoms with van der Waals surface area (Å²) in [6.45, 7) is 0. The molecule has 0 aliphatic rings. The van der Waals surface area contributed by atoms with Crippen LogP contribution >= 0.6 is 15.9 Å². The van der Waals surface area contributed by atoms with Crippen LogP contribution in [-0.4, -0.2) is 23.3 Å². The molecule has 2 heterocycles. The second-order valence-electron chi connectivity index (χ2n) is 8.08. The van der Waals surface area contributed by atoms with Gasteiger partial charge < -0.3 is 4.72 Å². The Kier molecular flexibility index (Phi) is 11.6. The molecule has 0 fully saturated rings. The second-order valence-corrected chi connectivity index (χ2v) is 10.6. The van der Waals surface area contributed by atoms with E-state index in [1.165, 1.54) is 12.1 Å². The largest absolute Gasteiger partial charge is 2.00 e. The first-order chi connectivity index (χ1) is 19.3. The predicted octanol–water partition coefficient (Wildman–Crippen LogP) is 8.02. The first-order valence-electron chi connectivity index (χ1n) is 11.8. The number of nitrogens with zero attached hydrogens (tertiary/aromatic N) is 4. The Labute approximate surface area is 259 Å². The molecule has 0 spiro atoms. The number of aromatic nitrogens is 2. The van der Waals surface area contributed by atoms with Gasteiger partial charge in [-0.25, -0.2) is 8.42 Å². The molecule has 0 amide bonds. The molecule has 6 rings (SSSR count). The normalized spacial score (nSPS) is 10.3. The molecule has 0 saturated carbocycles. The minimum absolute atomic E-state index is 0. The average molecular weight is 720 g/mol. The zero-order chi connectivity index (χ0) is 28.4. The number of hydrogen-bond donors (Lipinski definition) is 0. The molecule has 0 unspecified atom stereocenters. The molecular formula is C30H21BrN4O4PdS. The molecule has 6 aromatic rings. The van der Waals surface area contributed by atoms with Gasteiger partial charge in [-0.2, -0.15) is 30.3 Å². The molecule has 0 N–H and O–H groups in total. The molecule has 2 aromatic heterocycles. The van der Waals surface area contributed by atoms with Crippen molar-refractivity contribution in [2.24, 2.45) is 0 Å². The van der Waals surface area contributed by atoms with E-state index in [0.717, 1.165) is 27.4 Å². The number of non-ortho nitro benzene ring substituents is 1. The molecule has 41 heavy (non-hydrogen) atoms. The predicted molar refractivity (Wildman–Crippen MR) is 160 cm³/mol. The van der Waals surface area contributed by atoms with Gasteiger partial charge in [0.1, 0.15) is 10.0 Å². The minimum Gasteiger partial charge on any atom is -0.572 e. The van der Waals surface area contributed by atoms with Gasteiger partial charge in [0.15, 0.2) is 0 Å². The van der Waals surface area contributed by atoms with Crippen LogP contribution in [0.3, 0.4) is 0 Å². The molecule has 0 aliphatic heterocycles. The summed E-state index contributed by atoms with van der Waals surface area (Å²) in [6, 6.07) is 33.6. The maximum atomic E-state index is 12.7. The number of sulfonamides is 1. The van der Waals surface area contributed by atoms with Crippen molar-refractivity contribution < 1.29 is 33.8 Å². The van der Waals surface area contributed by atoms with Gasteiger partial charge in [0.25, 0.3) is 5.69 Å². The molecule has 11 heteroatoms. The van der Waals surface area contributed by atoms with E-state index in [2.05, 4.69) is 36.7 Å². The maximum absolute atomic E-state index is 12.7. The standard InChI is InChI=1S/C19H12N3O4S.C6H4Br.C5H5N.Pd/c23-22(24)15-8-10-16(11-9-15)27(25,26)21-17-5-1-3-13-6-7-14-4-2-12-20-19(14)18(13)17;7-6-4-2-1-3-5-6;1-2-4-6-5-3-1;/h1-12H;2-5H;1-5H;/q2*-1;;+2. The first kappa shape index (κ1) is 31.5. The summed E-state index contributed by atoms with van der Waals surface area (Å²) in [6.07, 6.45) is 5.14. The number of rotatable bonds is 4. The monoisotopic (exact) mass is 718 g/mol. The Bertz CT molecular complexity index is 1800. The van der Waals surface area contributed by atoms with E-state index in [1.54, 1.807) is 30.7 Å². The van der Waals surface area contributed by atoms with Crippen molar-refractivity contribution in [1.82, 2.24) is 9.97 Å². The van der Waals surface area contributed by atoms with Crippen molar-refractivity contribution in [3.8, 4) is 0 Å². The van der Waals surface area contributed by atoms with E-state index in [-0.39, 0.29) is 36.7 Å². The van der Waals surface area contributed by atoms with E-state index < -0.39 is 14.9 Å². The Balaban J connectivity index is 0.000000271. The number of pyridine rings is 2. The third-order valence-electron chi connectivity index (χ3n) is 5.40. The van der Waals surface area contributed by atoms with Crippen molar-refractivity contribution in [2.75, 3.05) is 0 Å². The third kappa shape index (κ3) is 8.74. The van der Waals surface area contributed by atoms with Crippen molar-refractivity contribution in [3.63, 3.8) is 0 Å². The summed E-state index contributed by atoms with van der Waals surface area (Å²) in [5, 5.41) is 13.1. The fourth-order valence-corrected chi connectivity index (χ4v) is 4.83. The fourth-order valence-electron chi connectivity index (χ4n) is 3.57.